The monoisotopic (exact) mass is 210 g/mol. The predicted molar refractivity (Wildman–Crippen MR) is 60.6 cm³/mol. The molecule has 3 heteroatoms. The molecule has 0 aromatic carbocycles. The molecule has 1 N–H and O–H groups in total. The van der Waals surface area contributed by atoms with E-state index < -0.39 is 0 Å². The Morgan fingerprint density at radius 2 is 1.87 bits per heavy atom. The van der Waals surface area contributed by atoms with Crippen molar-refractivity contribution >= 4 is 5.91 Å². The zero-order valence-corrected chi connectivity index (χ0v) is 9.67. The maximum atomic E-state index is 11.9. The van der Waals surface area contributed by atoms with Gasteiger partial charge in [-0.3, -0.25) is 4.79 Å². The Morgan fingerprint density at radius 1 is 1.20 bits per heavy atom. The van der Waals surface area contributed by atoms with Crippen molar-refractivity contribution in [2.24, 2.45) is 11.8 Å². The summed E-state index contributed by atoms with van der Waals surface area (Å²) in [4.78, 5) is 13.8. The van der Waals surface area contributed by atoms with Crippen LogP contribution in [-0.4, -0.2) is 37.5 Å². The molecule has 0 bridgehead atoms. The second-order valence-electron chi connectivity index (χ2n) is 5.12. The quantitative estimate of drug-likeness (QED) is 0.757. The van der Waals surface area contributed by atoms with E-state index in [1.807, 2.05) is 11.9 Å². The highest BCUT2D eigenvalue weighted by Gasteiger charge is 2.26. The van der Waals surface area contributed by atoms with Crippen LogP contribution in [0, 0.1) is 11.8 Å². The van der Waals surface area contributed by atoms with Gasteiger partial charge in [0.2, 0.25) is 5.91 Å². The molecule has 0 spiro atoms. The summed E-state index contributed by atoms with van der Waals surface area (Å²) in [5, 5.41) is 3.33. The van der Waals surface area contributed by atoms with E-state index in [4.69, 9.17) is 0 Å². The molecule has 0 aromatic heterocycles. The SMILES string of the molecule is CN(CC1CC1)C(=O)CC1CCNCC1. The molecule has 86 valence electrons. The van der Waals surface area contributed by atoms with Crippen LogP contribution in [-0.2, 0) is 4.79 Å². The molecule has 15 heavy (non-hydrogen) atoms. The highest BCUT2D eigenvalue weighted by Crippen LogP contribution is 2.29. The largest absolute Gasteiger partial charge is 0.345 e. The van der Waals surface area contributed by atoms with Crippen molar-refractivity contribution in [3.63, 3.8) is 0 Å². The first-order valence-electron chi connectivity index (χ1n) is 6.20. The van der Waals surface area contributed by atoms with Crippen LogP contribution < -0.4 is 5.32 Å². The molecule has 2 aliphatic rings. The lowest BCUT2D eigenvalue weighted by Crippen LogP contribution is -2.34. The average Bonchev–Trinajstić information content (AvgIpc) is 3.03. The van der Waals surface area contributed by atoms with Crippen molar-refractivity contribution in [1.82, 2.24) is 10.2 Å². The average molecular weight is 210 g/mol. The Labute approximate surface area is 92.2 Å². The maximum Gasteiger partial charge on any atom is 0.222 e. The summed E-state index contributed by atoms with van der Waals surface area (Å²) in [6, 6.07) is 0. The van der Waals surface area contributed by atoms with Gasteiger partial charge in [-0.25, -0.2) is 0 Å². The number of nitrogens with one attached hydrogen (secondary N) is 1. The van der Waals surface area contributed by atoms with E-state index >= 15 is 0 Å². The van der Waals surface area contributed by atoms with E-state index in [0.717, 1.165) is 32.0 Å². The summed E-state index contributed by atoms with van der Waals surface area (Å²) in [6.07, 6.45) is 5.76. The highest BCUT2D eigenvalue weighted by molar-refractivity contribution is 5.76. The summed E-state index contributed by atoms with van der Waals surface area (Å²) < 4.78 is 0. The molecule has 1 aliphatic heterocycles. The fourth-order valence-electron chi connectivity index (χ4n) is 2.28. The number of piperidine rings is 1. The van der Waals surface area contributed by atoms with Crippen molar-refractivity contribution < 1.29 is 4.79 Å². The summed E-state index contributed by atoms with van der Waals surface area (Å²) in [6.45, 7) is 3.17. The molecule has 0 atom stereocenters. The summed E-state index contributed by atoms with van der Waals surface area (Å²) in [5.74, 6) is 1.79. The second kappa shape index (κ2) is 4.97. The molecule has 1 saturated heterocycles. The number of amides is 1. The molecule has 1 heterocycles. The molecule has 3 nitrogen and oxygen atoms in total. The summed E-state index contributed by atoms with van der Waals surface area (Å²) in [5.41, 5.74) is 0. The summed E-state index contributed by atoms with van der Waals surface area (Å²) in [7, 11) is 1.96. The fourth-order valence-corrected chi connectivity index (χ4v) is 2.28. The van der Waals surface area contributed by atoms with Gasteiger partial charge < -0.3 is 10.2 Å². The smallest absolute Gasteiger partial charge is 0.222 e. The van der Waals surface area contributed by atoms with E-state index in [0.29, 0.717) is 11.8 Å². The lowest BCUT2D eigenvalue weighted by atomic mass is 9.94. The van der Waals surface area contributed by atoms with Gasteiger partial charge in [-0.1, -0.05) is 0 Å². The zero-order valence-electron chi connectivity index (χ0n) is 9.67. The van der Waals surface area contributed by atoms with Crippen LogP contribution in [0.1, 0.15) is 32.1 Å². The number of hydrogen-bond acceptors (Lipinski definition) is 2. The first kappa shape index (κ1) is 10.9. The Morgan fingerprint density at radius 3 is 2.47 bits per heavy atom. The van der Waals surface area contributed by atoms with Crippen LogP contribution in [0.3, 0.4) is 0 Å². The Hall–Kier alpha value is -0.570. The lowest BCUT2D eigenvalue weighted by molar-refractivity contribution is -0.131. The minimum absolute atomic E-state index is 0.355. The second-order valence-corrected chi connectivity index (χ2v) is 5.12. The first-order chi connectivity index (χ1) is 7.25. The van der Waals surface area contributed by atoms with Gasteiger partial charge in [0.25, 0.3) is 0 Å². The van der Waals surface area contributed by atoms with E-state index in [-0.39, 0.29) is 0 Å². The number of carbonyl (C=O) groups excluding carboxylic acids is 1. The van der Waals surface area contributed by atoms with Crippen molar-refractivity contribution in [3.05, 3.63) is 0 Å². The molecule has 2 rings (SSSR count). The van der Waals surface area contributed by atoms with E-state index in [2.05, 4.69) is 5.32 Å². The molecule has 1 saturated carbocycles. The van der Waals surface area contributed by atoms with Gasteiger partial charge in [-0.05, 0) is 50.6 Å². The van der Waals surface area contributed by atoms with Gasteiger partial charge in [-0.2, -0.15) is 0 Å². The van der Waals surface area contributed by atoms with E-state index in [9.17, 15) is 4.79 Å². The molecule has 0 radical (unpaired) electrons. The fraction of sp³-hybridized carbons (Fsp3) is 0.917. The molecular formula is C12H22N2O. The first-order valence-corrected chi connectivity index (χ1v) is 6.20. The van der Waals surface area contributed by atoms with Crippen LogP contribution in [0.4, 0.5) is 0 Å². The minimum atomic E-state index is 0.355. The van der Waals surface area contributed by atoms with Crippen LogP contribution in [0.15, 0.2) is 0 Å². The predicted octanol–water partition coefficient (Wildman–Crippen LogP) is 1.24. The standard InChI is InChI=1S/C12H22N2O/c1-14(9-11-2-3-11)12(15)8-10-4-6-13-7-5-10/h10-11,13H,2-9H2,1H3. The Balaban J connectivity index is 1.69. The molecule has 1 amide bonds. The normalized spacial score (nSPS) is 22.7. The highest BCUT2D eigenvalue weighted by atomic mass is 16.2. The molecule has 0 unspecified atom stereocenters. The topological polar surface area (TPSA) is 32.3 Å². The molecule has 2 fully saturated rings. The van der Waals surface area contributed by atoms with Crippen LogP contribution in [0.25, 0.3) is 0 Å². The number of rotatable bonds is 4. The van der Waals surface area contributed by atoms with Crippen LogP contribution >= 0.6 is 0 Å². The van der Waals surface area contributed by atoms with Gasteiger partial charge >= 0.3 is 0 Å². The van der Waals surface area contributed by atoms with Gasteiger partial charge in [-0.15, -0.1) is 0 Å². The van der Waals surface area contributed by atoms with Gasteiger partial charge in [0.05, 0.1) is 0 Å². The molecule has 1 aliphatic carbocycles. The lowest BCUT2D eigenvalue weighted by Gasteiger charge is -2.24. The minimum Gasteiger partial charge on any atom is -0.345 e. The number of hydrogen-bond donors (Lipinski definition) is 1. The number of carbonyl (C=O) groups is 1. The van der Waals surface area contributed by atoms with Crippen molar-refractivity contribution in [3.8, 4) is 0 Å². The van der Waals surface area contributed by atoms with Gasteiger partial charge in [0.1, 0.15) is 0 Å². The van der Waals surface area contributed by atoms with E-state index in [1.165, 1.54) is 25.7 Å². The molecular weight excluding hydrogens is 188 g/mol. The van der Waals surface area contributed by atoms with Crippen LogP contribution in [0.5, 0.6) is 0 Å². The van der Waals surface area contributed by atoms with Crippen LogP contribution in [0.2, 0.25) is 0 Å². The third-order valence-corrected chi connectivity index (χ3v) is 3.58. The zero-order chi connectivity index (χ0) is 10.7. The third-order valence-electron chi connectivity index (χ3n) is 3.58. The maximum absolute atomic E-state index is 11.9. The van der Waals surface area contributed by atoms with Gasteiger partial charge in [0.15, 0.2) is 0 Å². The van der Waals surface area contributed by atoms with Crippen molar-refractivity contribution in [1.29, 1.82) is 0 Å². The third kappa shape index (κ3) is 3.49. The summed E-state index contributed by atoms with van der Waals surface area (Å²) >= 11 is 0. The van der Waals surface area contributed by atoms with E-state index in [1.54, 1.807) is 0 Å². The number of nitrogens with zero attached hydrogens (tertiary/aromatic N) is 1. The molecule has 0 aromatic rings. The Bertz CT molecular complexity index is 220. The Kier molecular flexibility index (Phi) is 3.62. The van der Waals surface area contributed by atoms with Gasteiger partial charge in [0, 0.05) is 20.0 Å². The van der Waals surface area contributed by atoms with Crippen molar-refractivity contribution in [2.45, 2.75) is 32.1 Å². The van der Waals surface area contributed by atoms with Crippen molar-refractivity contribution in [2.75, 3.05) is 26.7 Å².